The van der Waals surface area contributed by atoms with E-state index in [0.717, 1.165) is 58.4 Å². The molecule has 0 amide bonds. The van der Waals surface area contributed by atoms with Gasteiger partial charge >= 0.3 is 0 Å². The lowest BCUT2D eigenvalue weighted by atomic mass is 9.95. The summed E-state index contributed by atoms with van der Waals surface area (Å²) >= 11 is 0. The van der Waals surface area contributed by atoms with Gasteiger partial charge in [-0.25, -0.2) is 0 Å². The van der Waals surface area contributed by atoms with Crippen molar-refractivity contribution in [2.45, 2.75) is 69.5 Å². The molecule has 1 rings (SSSR count). The summed E-state index contributed by atoms with van der Waals surface area (Å²) < 4.78 is 0. The van der Waals surface area contributed by atoms with Crippen molar-refractivity contribution in [1.29, 1.82) is 0 Å². The van der Waals surface area contributed by atoms with E-state index in [4.69, 9.17) is 0 Å². The Balaban J connectivity index is 2.09. The minimum absolute atomic E-state index is 0.457. The molecule has 0 heterocycles. The molecule has 0 saturated heterocycles. The monoisotopic (exact) mass is 413 g/mol. The molecule has 1 aliphatic carbocycles. The first kappa shape index (κ1) is 26.8. The maximum Gasteiger partial charge on any atom is 0.0318 e. The lowest BCUT2D eigenvalue weighted by molar-refractivity contribution is 0.370. The molecule has 7 nitrogen and oxygen atoms in total. The Morgan fingerprint density at radius 2 is 1.38 bits per heavy atom. The number of rotatable bonds is 20. The number of hydrogen-bond donors (Lipinski definition) is 7. The van der Waals surface area contributed by atoms with Crippen LogP contribution >= 0.6 is 0 Å². The van der Waals surface area contributed by atoms with Gasteiger partial charge in [-0.3, -0.25) is 0 Å². The quantitative estimate of drug-likeness (QED) is 0.144. The number of likely N-dealkylation sites (N-methyl/N-ethyl adjacent to an activating group) is 2. The van der Waals surface area contributed by atoms with Crippen molar-refractivity contribution in [2.75, 3.05) is 73.5 Å². The Morgan fingerprint density at radius 3 is 2.10 bits per heavy atom. The van der Waals surface area contributed by atoms with E-state index in [1.165, 1.54) is 51.4 Å². The minimum atomic E-state index is 0.457. The second-order valence-electron chi connectivity index (χ2n) is 8.51. The van der Waals surface area contributed by atoms with Crippen LogP contribution in [0.2, 0.25) is 0 Å². The summed E-state index contributed by atoms with van der Waals surface area (Å²) in [5.41, 5.74) is 0. The van der Waals surface area contributed by atoms with Gasteiger partial charge in [0.1, 0.15) is 0 Å². The van der Waals surface area contributed by atoms with Crippen LogP contribution in [0.25, 0.3) is 0 Å². The van der Waals surface area contributed by atoms with Crippen molar-refractivity contribution in [3.05, 3.63) is 0 Å². The standard InChI is InChI=1S/C22H51N7/c1-23-12-8-7-11-21(17-24-2)29-19-22(18-25-3)28-16-14-26-13-15-27-20-9-5-4-6-10-20/h20-29H,4-19H2,1-3H3/t21-,22+/m1/s1. The van der Waals surface area contributed by atoms with E-state index < -0.39 is 0 Å². The third-order valence-electron chi connectivity index (χ3n) is 5.86. The molecule has 0 aromatic carbocycles. The maximum absolute atomic E-state index is 3.76. The highest BCUT2D eigenvalue weighted by molar-refractivity contribution is 4.77. The lowest BCUT2D eigenvalue weighted by Crippen LogP contribution is -2.50. The largest absolute Gasteiger partial charge is 0.320 e. The molecule has 174 valence electrons. The van der Waals surface area contributed by atoms with Crippen LogP contribution in [0, 0.1) is 0 Å². The highest BCUT2D eigenvalue weighted by Crippen LogP contribution is 2.16. The Kier molecular flexibility index (Phi) is 18.1. The molecule has 7 N–H and O–H groups in total. The van der Waals surface area contributed by atoms with Crippen molar-refractivity contribution in [1.82, 2.24) is 37.2 Å². The van der Waals surface area contributed by atoms with Gasteiger partial charge in [0, 0.05) is 63.9 Å². The van der Waals surface area contributed by atoms with E-state index in [2.05, 4.69) is 37.2 Å². The van der Waals surface area contributed by atoms with Crippen molar-refractivity contribution < 1.29 is 0 Å². The molecule has 0 aromatic rings. The molecule has 1 saturated carbocycles. The topological polar surface area (TPSA) is 84.2 Å². The van der Waals surface area contributed by atoms with E-state index in [0.29, 0.717) is 12.1 Å². The molecule has 7 heteroatoms. The van der Waals surface area contributed by atoms with Crippen molar-refractivity contribution in [2.24, 2.45) is 0 Å². The molecule has 0 radical (unpaired) electrons. The first-order chi connectivity index (χ1) is 14.3. The second-order valence-corrected chi connectivity index (χ2v) is 8.51. The summed E-state index contributed by atoms with van der Waals surface area (Å²) in [6.45, 7) is 8.31. The summed E-state index contributed by atoms with van der Waals surface area (Å²) in [6.07, 6.45) is 10.7. The van der Waals surface area contributed by atoms with Crippen LogP contribution in [0.3, 0.4) is 0 Å². The fourth-order valence-corrected chi connectivity index (χ4v) is 4.15. The molecule has 1 aliphatic rings. The lowest BCUT2D eigenvalue weighted by Gasteiger charge is -2.24. The highest BCUT2D eigenvalue weighted by atomic mass is 15.1. The van der Waals surface area contributed by atoms with Gasteiger partial charge in [0.25, 0.3) is 0 Å². The van der Waals surface area contributed by atoms with E-state index in [9.17, 15) is 0 Å². The Morgan fingerprint density at radius 1 is 0.655 bits per heavy atom. The van der Waals surface area contributed by atoms with E-state index in [-0.39, 0.29) is 0 Å². The number of unbranched alkanes of at least 4 members (excludes halogenated alkanes) is 1. The zero-order valence-electron chi connectivity index (χ0n) is 19.5. The summed E-state index contributed by atoms with van der Waals surface area (Å²) in [7, 11) is 6.10. The van der Waals surface area contributed by atoms with Gasteiger partial charge in [-0.15, -0.1) is 0 Å². The first-order valence-electron chi connectivity index (χ1n) is 12.1. The molecule has 0 bridgehead atoms. The fraction of sp³-hybridized carbons (Fsp3) is 1.00. The van der Waals surface area contributed by atoms with Gasteiger partial charge < -0.3 is 37.2 Å². The van der Waals surface area contributed by atoms with Crippen molar-refractivity contribution in [3.8, 4) is 0 Å². The van der Waals surface area contributed by atoms with Crippen LogP contribution in [0.4, 0.5) is 0 Å². The van der Waals surface area contributed by atoms with Gasteiger partial charge in [0.15, 0.2) is 0 Å². The predicted molar refractivity (Wildman–Crippen MR) is 127 cm³/mol. The summed E-state index contributed by atoms with van der Waals surface area (Å²) in [5, 5.41) is 24.6. The van der Waals surface area contributed by atoms with Crippen LogP contribution in [0.15, 0.2) is 0 Å². The van der Waals surface area contributed by atoms with Crippen LogP contribution in [-0.2, 0) is 0 Å². The van der Waals surface area contributed by atoms with Gasteiger partial charge in [0.05, 0.1) is 0 Å². The molecule has 29 heavy (non-hydrogen) atoms. The molecule has 1 fully saturated rings. The summed E-state index contributed by atoms with van der Waals surface area (Å²) in [4.78, 5) is 0. The molecule has 0 unspecified atom stereocenters. The predicted octanol–water partition coefficient (Wildman–Crippen LogP) is 0.243. The zero-order valence-corrected chi connectivity index (χ0v) is 19.5. The molecule has 0 aliphatic heterocycles. The first-order valence-corrected chi connectivity index (χ1v) is 12.1. The van der Waals surface area contributed by atoms with Crippen LogP contribution in [-0.4, -0.2) is 91.6 Å². The van der Waals surface area contributed by atoms with Crippen LogP contribution in [0.1, 0.15) is 51.4 Å². The number of hydrogen-bond acceptors (Lipinski definition) is 7. The zero-order chi connectivity index (χ0) is 21.0. The average molecular weight is 414 g/mol. The minimum Gasteiger partial charge on any atom is -0.320 e. The molecular formula is C22H51N7. The van der Waals surface area contributed by atoms with Crippen molar-refractivity contribution >= 4 is 0 Å². The summed E-state index contributed by atoms with van der Waals surface area (Å²) in [6, 6.07) is 1.76. The third-order valence-corrected chi connectivity index (χ3v) is 5.86. The van der Waals surface area contributed by atoms with Gasteiger partial charge in [-0.05, 0) is 53.4 Å². The number of nitrogens with one attached hydrogen (secondary N) is 7. The van der Waals surface area contributed by atoms with Gasteiger partial charge in [-0.1, -0.05) is 25.7 Å². The molecular weight excluding hydrogens is 362 g/mol. The Bertz CT molecular complexity index is 337. The third kappa shape index (κ3) is 15.2. The van der Waals surface area contributed by atoms with E-state index in [1.54, 1.807) is 0 Å². The SMILES string of the molecule is CNCCCC[C@H](CNC)NC[C@H](CNC)NCCNCCNC1CCCCC1. The Hall–Kier alpha value is -0.280. The molecule has 2 atom stereocenters. The van der Waals surface area contributed by atoms with Crippen LogP contribution in [0.5, 0.6) is 0 Å². The molecule has 0 aromatic heterocycles. The molecule has 0 spiro atoms. The fourth-order valence-electron chi connectivity index (χ4n) is 4.15. The van der Waals surface area contributed by atoms with Crippen LogP contribution < -0.4 is 37.2 Å². The second kappa shape index (κ2) is 19.7. The summed E-state index contributed by atoms with van der Waals surface area (Å²) in [5.74, 6) is 0. The van der Waals surface area contributed by atoms with Gasteiger partial charge in [-0.2, -0.15) is 0 Å². The smallest absolute Gasteiger partial charge is 0.0318 e. The van der Waals surface area contributed by atoms with E-state index in [1.807, 2.05) is 21.1 Å². The van der Waals surface area contributed by atoms with E-state index >= 15 is 0 Å². The van der Waals surface area contributed by atoms with Gasteiger partial charge in [0.2, 0.25) is 0 Å². The van der Waals surface area contributed by atoms with Crippen molar-refractivity contribution in [3.63, 3.8) is 0 Å². The maximum atomic E-state index is 3.76. The average Bonchev–Trinajstić information content (AvgIpc) is 2.74. The highest BCUT2D eigenvalue weighted by Gasteiger charge is 2.13. The normalized spacial score (nSPS) is 17.5. The Labute approximate surface area is 180 Å².